The van der Waals surface area contributed by atoms with E-state index in [9.17, 15) is 10.2 Å². The third kappa shape index (κ3) is 4.28. The number of benzene rings is 1. The highest BCUT2D eigenvalue weighted by Gasteiger charge is 2.25. The molecule has 0 fully saturated rings. The highest BCUT2D eigenvalue weighted by Crippen LogP contribution is 2.27. The molecule has 0 spiro atoms. The third-order valence-electron chi connectivity index (χ3n) is 4.02. The molecule has 0 radical (unpaired) electrons. The fourth-order valence-corrected chi connectivity index (χ4v) is 2.40. The smallest absolute Gasteiger partial charge is 0.161 e. The van der Waals surface area contributed by atoms with Crippen molar-refractivity contribution in [3.63, 3.8) is 0 Å². The number of aliphatic hydroxyl groups excluding tert-OH is 1. The number of phenolic OH excluding ortho intramolecular Hbond substituents is 1. The minimum absolute atomic E-state index is 0.000530. The van der Waals surface area contributed by atoms with Crippen LogP contribution in [0.25, 0.3) is 0 Å². The van der Waals surface area contributed by atoms with E-state index in [-0.39, 0.29) is 12.4 Å². The number of nitrogens with two attached hydrogens (primary N) is 1. The van der Waals surface area contributed by atoms with Gasteiger partial charge in [-0.25, -0.2) is 0 Å². The van der Waals surface area contributed by atoms with Crippen molar-refractivity contribution >= 4 is 5.69 Å². The van der Waals surface area contributed by atoms with Crippen LogP contribution in [0.5, 0.6) is 11.5 Å². The molecule has 0 aliphatic heterocycles. The Hall–Kier alpha value is -1.46. The predicted molar refractivity (Wildman–Crippen MR) is 80.8 cm³/mol. The van der Waals surface area contributed by atoms with Crippen LogP contribution in [0.4, 0.5) is 5.69 Å². The van der Waals surface area contributed by atoms with E-state index in [1.54, 1.807) is 12.1 Å². The van der Waals surface area contributed by atoms with Crippen LogP contribution < -0.4 is 10.5 Å². The molecule has 0 saturated carbocycles. The topological polar surface area (TPSA) is 75.7 Å². The molecule has 0 saturated heterocycles. The first-order valence-electron chi connectivity index (χ1n) is 7.20. The van der Waals surface area contributed by atoms with E-state index in [2.05, 4.69) is 20.8 Å². The number of quaternary nitrogens is 1. The lowest BCUT2D eigenvalue weighted by molar-refractivity contribution is -0.926. The van der Waals surface area contributed by atoms with Gasteiger partial charge in [-0.3, -0.25) is 0 Å². The SMILES string of the molecule is CC[N+](CC)(CC)CC(O)COc1ccc(N)cc1O. The van der Waals surface area contributed by atoms with Crippen molar-refractivity contribution in [1.82, 2.24) is 0 Å². The number of hydrogen-bond acceptors (Lipinski definition) is 4. The highest BCUT2D eigenvalue weighted by molar-refractivity contribution is 5.51. The van der Waals surface area contributed by atoms with Crippen molar-refractivity contribution in [1.29, 1.82) is 0 Å². The number of hydrogen-bond donors (Lipinski definition) is 3. The molecule has 0 aliphatic rings. The number of nitrogens with zero attached hydrogens (tertiary/aromatic N) is 1. The number of aromatic hydroxyl groups is 1. The van der Waals surface area contributed by atoms with Gasteiger partial charge >= 0.3 is 0 Å². The lowest BCUT2D eigenvalue weighted by Crippen LogP contribution is -2.52. The van der Waals surface area contributed by atoms with E-state index in [0.717, 1.165) is 24.1 Å². The standard InChI is InChI=1S/C15H26N2O3/c1-4-17(5-2,6-3)10-13(18)11-20-15-8-7-12(16)9-14(15)19/h7-9,13,18H,4-6,10-11,16H2,1-3H3/p+1. The van der Waals surface area contributed by atoms with Gasteiger partial charge in [0, 0.05) is 11.8 Å². The van der Waals surface area contributed by atoms with Crippen molar-refractivity contribution in [3.8, 4) is 11.5 Å². The van der Waals surface area contributed by atoms with Gasteiger partial charge in [-0.05, 0) is 32.9 Å². The normalized spacial score (nSPS) is 13.2. The van der Waals surface area contributed by atoms with Crippen molar-refractivity contribution in [2.24, 2.45) is 0 Å². The Labute approximate surface area is 121 Å². The van der Waals surface area contributed by atoms with Gasteiger partial charge in [-0.2, -0.15) is 0 Å². The summed E-state index contributed by atoms with van der Waals surface area (Å²) < 4.78 is 6.33. The summed E-state index contributed by atoms with van der Waals surface area (Å²) in [7, 11) is 0. The maximum Gasteiger partial charge on any atom is 0.161 e. The second kappa shape index (κ2) is 7.36. The van der Waals surface area contributed by atoms with Crippen LogP contribution in [-0.4, -0.2) is 53.6 Å². The first-order chi connectivity index (χ1) is 9.46. The number of aliphatic hydroxyl groups is 1. The molecular formula is C15H27N2O3+. The van der Waals surface area contributed by atoms with Crippen molar-refractivity contribution in [3.05, 3.63) is 18.2 Å². The van der Waals surface area contributed by atoms with E-state index in [0.29, 0.717) is 18.0 Å². The van der Waals surface area contributed by atoms with Crippen LogP contribution in [0, 0.1) is 0 Å². The Morgan fingerprint density at radius 1 is 1.20 bits per heavy atom. The summed E-state index contributed by atoms with van der Waals surface area (Å²) >= 11 is 0. The molecule has 5 heteroatoms. The van der Waals surface area contributed by atoms with Crippen LogP contribution >= 0.6 is 0 Å². The summed E-state index contributed by atoms with van der Waals surface area (Å²) in [5.41, 5.74) is 6.03. The molecule has 5 nitrogen and oxygen atoms in total. The van der Waals surface area contributed by atoms with Gasteiger partial charge < -0.3 is 25.2 Å². The summed E-state index contributed by atoms with van der Waals surface area (Å²) in [6.45, 7) is 10.2. The summed E-state index contributed by atoms with van der Waals surface area (Å²) in [6.07, 6.45) is -0.563. The Balaban J connectivity index is 2.56. The molecule has 1 unspecified atom stereocenters. The van der Waals surface area contributed by atoms with Gasteiger partial charge in [0.25, 0.3) is 0 Å². The number of likely N-dealkylation sites (N-methyl/N-ethyl adjacent to an activating group) is 1. The molecule has 1 rings (SSSR count). The fraction of sp³-hybridized carbons (Fsp3) is 0.600. The van der Waals surface area contributed by atoms with Gasteiger partial charge in [0.05, 0.1) is 19.6 Å². The van der Waals surface area contributed by atoms with Crippen LogP contribution in [0.1, 0.15) is 20.8 Å². The van der Waals surface area contributed by atoms with Gasteiger partial charge in [-0.15, -0.1) is 0 Å². The molecule has 0 bridgehead atoms. The van der Waals surface area contributed by atoms with Crippen molar-refractivity contribution in [2.75, 3.05) is 38.5 Å². The molecule has 20 heavy (non-hydrogen) atoms. The van der Waals surface area contributed by atoms with E-state index >= 15 is 0 Å². The number of ether oxygens (including phenoxy) is 1. The quantitative estimate of drug-likeness (QED) is 0.500. The summed E-state index contributed by atoms with van der Waals surface area (Å²) in [5.74, 6) is 0.347. The summed E-state index contributed by atoms with van der Waals surface area (Å²) in [6, 6.07) is 4.71. The monoisotopic (exact) mass is 283 g/mol. The lowest BCUT2D eigenvalue weighted by atomic mass is 10.2. The maximum absolute atomic E-state index is 10.1. The maximum atomic E-state index is 10.1. The Kier molecular flexibility index (Phi) is 6.10. The zero-order valence-electron chi connectivity index (χ0n) is 12.7. The van der Waals surface area contributed by atoms with Gasteiger partial charge in [0.1, 0.15) is 19.3 Å². The van der Waals surface area contributed by atoms with Gasteiger partial charge in [0.15, 0.2) is 11.5 Å². The molecule has 4 N–H and O–H groups in total. The molecule has 114 valence electrons. The highest BCUT2D eigenvalue weighted by atomic mass is 16.5. The van der Waals surface area contributed by atoms with Gasteiger partial charge in [-0.1, -0.05) is 0 Å². The number of nitrogen functional groups attached to an aromatic ring is 1. The molecular weight excluding hydrogens is 256 g/mol. The second-order valence-electron chi connectivity index (χ2n) is 5.16. The van der Waals surface area contributed by atoms with E-state index in [1.807, 2.05) is 0 Å². The fourth-order valence-electron chi connectivity index (χ4n) is 2.40. The minimum atomic E-state index is -0.563. The molecule has 0 amide bonds. The van der Waals surface area contributed by atoms with E-state index < -0.39 is 6.10 Å². The van der Waals surface area contributed by atoms with E-state index in [1.165, 1.54) is 6.07 Å². The largest absolute Gasteiger partial charge is 0.504 e. The zero-order chi connectivity index (χ0) is 15.2. The number of phenols is 1. The van der Waals surface area contributed by atoms with E-state index in [4.69, 9.17) is 10.5 Å². The lowest BCUT2D eigenvalue weighted by Gasteiger charge is -2.37. The average Bonchev–Trinajstić information content (AvgIpc) is 2.44. The molecule has 0 aliphatic carbocycles. The first-order valence-corrected chi connectivity index (χ1v) is 7.20. The van der Waals surface area contributed by atoms with Crippen LogP contribution in [-0.2, 0) is 0 Å². The molecule has 0 aromatic heterocycles. The minimum Gasteiger partial charge on any atom is -0.504 e. The van der Waals surface area contributed by atoms with Crippen LogP contribution in [0.3, 0.4) is 0 Å². The molecule has 0 heterocycles. The number of anilines is 1. The van der Waals surface area contributed by atoms with Crippen LogP contribution in [0.15, 0.2) is 18.2 Å². The van der Waals surface area contributed by atoms with Crippen molar-refractivity contribution < 1.29 is 19.4 Å². The van der Waals surface area contributed by atoms with Gasteiger partial charge in [0.2, 0.25) is 0 Å². The molecule has 1 aromatic carbocycles. The summed E-state index contributed by atoms with van der Waals surface area (Å²) in [5, 5.41) is 19.8. The van der Waals surface area contributed by atoms with Crippen LogP contribution in [0.2, 0.25) is 0 Å². The Morgan fingerprint density at radius 2 is 1.80 bits per heavy atom. The zero-order valence-corrected chi connectivity index (χ0v) is 12.7. The average molecular weight is 283 g/mol. The van der Waals surface area contributed by atoms with Crippen molar-refractivity contribution in [2.45, 2.75) is 26.9 Å². The number of rotatable bonds is 8. The Morgan fingerprint density at radius 3 is 2.30 bits per heavy atom. The first kappa shape index (κ1) is 16.6. The molecule has 1 atom stereocenters. The summed E-state index contributed by atoms with van der Waals surface area (Å²) in [4.78, 5) is 0. The predicted octanol–water partition coefficient (Wildman–Crippen LogP) is 1.59. The second-order valence-corrected chi connectivity index (χ2v) is 5.16. The Bertz CT molecular complexity index is 411. The third-order valence-corrected chi connectivity index (χ3v) is 4.02. The molecule has 1 aromatic rings.